The predicted molar refractivity (Wildman–Crippen MR) is 84.7 cm³/mol. The summed E-state index contributed by atoms with van der Waals surface area (Å²) in [5.74, 6) is 0.868. The van der Waals surface area contributed by atoms with Gasteiger partial charge in [0.2, 0.25) is 0 Å². The monoisotopic (exact) mass is 295 g/mol. The Kier molecular flexibility index (Phi) is 5.61. The number of piperazine rings is 1. The van der Waals surface area contributed by atoms with Crippen LogP contribution < -0.4 is 10.1 Å². The van der Waals surface area contributed by atoms with E-state index >= 15 is 0 Å². The van der Waals surface area contributed by atoms with Gasteiger partial charge in [0.05, 0.1) is 25.0 Å². The van der Waals surface area contributed by atoms with Gasteiger partial charge in [-0.05, 0) is 27.1 Å². The molecule has 0 radical (unpaired) electrons. The Morgan fingerprint density at radius 3 is 2.81 bits per heavy atom. The van der Waals surface area contributed by atoms with Gasteiger partial charge in [-0.1, -0.05) is 6.92 Å². The first-order valence-corrected chi connectivity index (χ1v) is 7.76. The van der Waals surface area contributed by atoms with Crippen LogP contribution in [0.3, 0.4) is 0 Å². The van der Waals surface area contributed by atoms with E-state index in [1.54, 1.807) is 7.11 Å². The van der Waals surface area contributed by atoms with Crippen LogP contribution in [-0.4, -0.2) is 73.0 Å². The molecule has 6 heteroatoms. The largest absolute Gasteiger partial charge is 0.493 e. The molecule has 2 rings (SSSR count). The maximum Gasteiger partial charge on any atom is 0.161 e. The number of hydrogen-bond donors (Lipinski definition) is 1. The molecule has 0 bridgehead atoms. The van der Waals surface area contributed by atoms with Crippen LogP contribution in [0.15, 0.2) is 6.20 Å². The van der Waals surface area contributed by atoms with Crippen LogP contribution in [0.25, 0.3) is 0 Å². The average Bonchev–Trinajstić information content (AvgIpc) is 2.84. The van der Waals surface area contributed by atoms with Gasteiger partial charge >= 0.3 is 0 Å². The Morgan fingerprint density at radius 2 is 2.14 bits per heavy atom. The highest BCUT2D eigenvalue weighted by Gasteiger charge is 2.34. The van der Waals surface area contributed by atoms with E-state index in [1.165, 1.54) is 0 Å². The average molecular weight is 295 g/mol. The zero-order valence-electron chi connectivity index (χ0n) is 14.0. The van der Waals surface area contributed by atoms with Crippen molar-refractivity contribution in [2.24, 2.45) is 7.05 Å². The molecular weight excluding hydrogens is 266 g/mol. The second-order valence-electron chi connectivity index (χ2n) is 5.96. The summed E-state index contributed by atoms with van der Waals surface area (Å²) < 4.78 is 7.46. The third-order valence-corrected chi connectivity index (χ3v) is 4.36. The first-order chi connectivity index (χ1) is 10.1. The highest BCUT2D eigenvalue weighted by atomic mass is 16.5. The number of aromatic nitrogens is 2. The molecule has 0 amide bonds. The van der Waals surface area contributed by atoms with Crippen molar-refractivity contribution >= 4 is 0 Å². The Bertz CT molecular complexity index is 447. The van der Waals surface area contributed by atoms with Gasteiger partial charge in [-0.15, -0.1) is 0 Å². The van der Waals surface area contributed by atoms with E-state index in [4.69, 9.17) is 4.74 Å². The van der Waals surface area contributed by atoms with Crippen molar-refractivity contribution in [3.8, 4) is 5.75 Å². The van der Waals surface area contributed by atoms with Crippen molar-refractivity contribution in [1.29, 1.82) is 0 Å². The predicted octanol–water partition coefficient (Wildman–Crippen LogP) is 0.715. The second kappa shape index (κ2) is 7.24. The van der Waals surface area contributed by atoms with E-state index in [1.807, 2.05) is 17.9 Å². The Hall–Kier alpha value is -1.11. The second-order valence-corrected chi connectivity index (χ2v) is 5.96. The number of ether oxygens (including phenoxy) is 1. The summed E-state index contributed by atoms with van der Waals surface area (Å²) in [4.78, 5) is 4.84. The molecule has 1 aromatic rings. The summed E-state index contributed by atoms with van der Waals surface area (Å²) in [5.41, 5.74) is 1.14. The van der Waals surface area contributed by atoms with Crippen LogP contribution in [-0.2, 0) is 7.05 Å². The van der Waals surface area contributed by atoms with Crippen molar-refractivity contribution in [1.82, 2.24) is 24.9 Å². The summed E-state index contributed by atoms with van der Waals surface area (Å²) in [6, 6.07) is 0.639. The van der Waals surface area contributed by atoms with Crippen molar-refractivity contribution < 1.29 is 4.74 Å². The van der Waals surface area contributed by atoms with E-state index in [9.17, 15) is 0 Å². The summed E-state index contributed by atoms with van der Waals surface area (Å²) >= 11 is 0. The summed E-state index contributed by atoms with van der Waals surface area (Å²) in [6.45, 7) is 6.45. The number of methoxy groups -OCH3 is 1. The fourth-order valence-electron chi connectivity index (χ4n) is 3.06. The van der Waals surface area contributed by atoms with Crippen molar-refractivity contribution in [2.45, 2.75) is 25.4 Å². The van der Waals surface area contributed by atoms with Gasteiger partial charge in [-0.3, -0.25) is 9.58 Å². The molecule has 1 fully saturated rings. The number of rotatable bonds is 6. The molecule has 1 N–H and O–H groups in total. The number of aryl methyl sites for hydroxylation is 1. The van der Waals surface area contributed by atoms with Crippen LogP contribution in [0.2, 0.25) is 0 Å². The first-order valence-electron chi connectivity index (χ1n) is 7.76. The molecule has 2 atom stereocenters. The summed E-state index contributed by atoms with van der Waals surface area (Å²) in [6.07, 6.45) is 2.92. The molecular formula is C15H29N5O. The van der Waals surface area contributed by atoms with E-state index < -0.39 is 0 Å². The zero-order chi connectivity index (χ0) is 15.4. The maximum absolute atomic E-state index is 5.52. The molecule has 0 spiro atoms. The van der Waals surface area contributed by atoms with Crippen LogP contribution >= 0.6 is 0 Å². The van der Waals surface area contributed by atoms with Crippen LogP contribution in [0.5, 0.6) is 5.75 Å². The van der Waals surface area contributed by atoms with Gasteiger partial charge in [0.1, 0.15) is 0 Å². The Balaban J connectivity index is 2.30. The Labute approximate surface area is 128 Å². The first kappa shape index (κ1) is 16.3. The van der Waals surface area contributed by atoms with Crippen molar-refractivity contribution in [2.75, 3.05) is 47.4 Å². The molecule has 0 aromatic carbocycles. The molecule has 6 nitrogen and oxygen atoms in total. The van der Waals surface area contributed by atoms with E-state index in [2.05, 4.69) is 41.2 Å². The molecule has 120 valence electrons. The van der Waals surface area contributed by atoms with Crippen LogP contribution in [0, 0.1) is 0 Å². The lowest BCUT2D eigenvalue weighted by molar-refractivity contribution is 0.0847. The third kappa shape index (κ3) is 3.56. The van der Waals surface area contributed by atoms with Crippen molar-refractivity contribution in [3.63, 3.8) is 0 Å². The van der Waals surface area contributed by atoms with E-state index in [-0.39, 0.29) is 6.04 Å². The normalized spacial score (nSPS) is 22.4. The van der Waals surface area contributed by atoms with Crippen LogP contribution in [0.4, 0.5) is 0 Å². The fourth-order valence-corrected chi connectivity index (χ4v) is 3.06. The van der Waals surface area contributed by atoms with Gasteiger partial charge in [-0.25, -0.2) is 0 Å². The van der Waals surface area contributed by atoms with Gasteiger partial charge in [0.25, 0.3) is 0 Å². The fraction of sp³-hybridized carbons (Fsp3) is 0.800. The molecule has 1 aliphatic heterocycles. The summed E-state index contributed by atoms with van der Waals surface area (Å²) in [7, 11) is 8.11. The van der Waals surface area contributed by atoms with E-state index in [0.717, 1.165) is 44.0 Å². The minimum Gasteiger partial charge on any atom is -0.493 e. The SMILES string of the molecule is CCCNC(c1c(OC)cnn1C)C1CN(C)CCN1C. The number of hydrogen-bond acceptors (Lipinski definition) is 5. The van der Waals surface area contributed by atoms with Crippen molar-refractivity contribution in [3.05, 3.63) is 11.9 Å². The lowest BCUT2D eigenvalue weighted by Crippen LogP contribution is -2.55. The minimum atomic E-state index is 0.222. The topological polar surface area (TPSA) is 45.6 Å². The smallest absolute Gasteiger partial charge is 0.161 e. The lowest BCUT2D eigenvalue weighted by Gasteiger charge is -2.42. The maximum atomic E-state index is 5.52. The van der Waals surface area contributed by atoms with Crippen LogP contribution in [0.1, 0.15) is 25.1 Å². The van der Waals surface area contributed by atoms with Gasteiger partial charge < -0.3 is 15.0 Å². The van der Waals surface area contributed by atoms with Gasteiger partial charge in [0.15, 0.2) is 5.75 Å². The highest BCUT2D eigenvalue weighted by molar-refractivity contribution is 5.29. The molecule has 0 saturated carbocycles. The van der Waals surface area contributed by atoms with E-state index in [0.29, 0.717) is 6.04 Å². The molecule has 1 saturated heterocycles. The minimum absolute atomic E-state index is 0.222. The standard InChI is InChI=1S/C15H29N5O/c1-6-7-16-14(12-11-18(2)8-9-19(12)3)15-13(21-5)10-17-20(15)4/h10,12,14,16H,6-9,11H2,1-5H3. The van der Waals surface area contributed by atoms with Gasteiger partial charge in [0, 0.05) is 32.7 Å². The zero-order valence-corrected chi connectivity index (χ0v) is 14.0. The number of nitrogens with zero attached hydrogens (tertiary/aromatic N) is 4. The molecule has 2 unspecified atom stereocenters. The van der Waals surface area contributed by atoms with Gasteiger partial charge in [-0.2, -0.15) is 5.10 Å². The third-order valence-electron chi connectivity index (χ3n) is 4.36. The molecule has 1 aliphatic rings. The summed E-state index contributed by atoms with van der Waals surface area (Å²) in [5, 5.41) is 8.07. The highest BCUT2D eigenvalue weighted by Crippen LogP contribution is 2.30. The molecule has 2 heterocycles. The molecule has 1 aromatic heterocycles. The number of likely N-dealkylation sites (N-methyl/N-ethyl adjacent to an activating group) is 2. The number of nitrogens with one attached hydrogen (secondary N) is 1. The quantitative estimate of drug-likeness (QED) is 0.838. The lowest BCUT2D eigenvalue weighted by atomic mass is 10.00. The molecule has 21 heavy (non-hydrogen) atoms. The molecule has 0 aliphatic carbocycles. The Morgan fingerprint density at radius 1 is 1.38 bits per heavy atom.